The van der Waals surface area contributed by atoms with Crippen molar-refractivity contribution in [2.45, 2.75) is 18.5 Å². The quantitative estimate of drug-likeness (QED) is 0.732. The first-order valence-electron chi connectivity index (χ1n) is 5.98. The van der Waals surface area contributed by atoms with Crippen LogP contribution in [0.5, 0.6) is 0 Å². The molecule has 0 saturated carbocycles. The lowest BCUT2D eigenvalue weighted by Crippen LogP contribution is -2.01. The number of thiocyanates is 1. The Bertz CT molecular complexity index is 689. The Morgan fingerprint density at radius 1 is 1.22 bits per heavy atom. The van der Waals surface area contributed by atoms with Gasteiger partial charge in [-0.1, -0.05) is 40.4 Å². The first-order chi connectivity index (χ1) is 8.80. The molecule has 1 aliphatic heterocycles. The number of benzene rings is 1. The summed E-state index contributed by atoms with van der Waals surface area (Å²) in [5.74, 6) is 0. The molecule has 90 valence electrons. The molecule has 0 radical (unpaired) electrons. The van der Waals surface area contributed by atoms with E-state index in [-0.39, 0.29) is 0 Å². The molecule has 0 bridgehead atoms. The van der Waals surface area contributed by atoms with Crippen LogP contribution in [0.2, 0.25) is 0 Å². The lowest BCUT2D eigenvalue weighted by Gasteiger charge is -2.24. The third-order valence-electron chi connectivity index (χ3n) is 3.28. The van der Waals surface area contributed by atoms with E-state index in [1.807, 2.05) is 35.1 Å². The summed E-state index contributed by atoms with van der Waals surface area (Å²) in [4.78, 5) is 0. The zero-order valence-electron chi connectivity index (χ0n) is 10.2. The number of fused-ring (bicyclic) bond motifs is 1. The number of aromatic nitrogens is 1. The van der Waals surface area contributed by atoms with Gasteiger partial charge in [0.1, 0.15) is 5.40 Å². The fourth-order valence-corrected chi connectivity index (χ4v) is 4.60. The van der Waals surface area contributed by atoms with Crippen LogP contribution in [0.4, 0.5) is 0 Å². The van der Waals surface area contributed by atoms with E-state index in [9.17, 15) is 5.26 Å². The van der Waals surface area contributed by atoms with Crippen LogP contribution >= 0.6 is 10.0 Å². The van der Waals surface area contributed by atoms with E-state index in [1.54, 1.807) is 0 Å². The van der Waals surface area contributed by atoms with Gasteiger partial charge in [0.25, 0.3) is 0 Å². The van der Waals surface area contributed by atoms with Crippen LogP contribution < -0.4 is 0 Å². The van der Waals surface area contributed by atoms with E-state index < -0.39 is 10.0 Å². The van der Waals surface area contributed by atoms with Crippen molar-refractivity contribution in [3.63, 3.8) is 0 Å². The number of allylic oxidation sites excluding steroid dienone is 2. The van der Waals surface area contributed by atoms with Gasteiger partial charge in [-0.3, -0.25) is 0 Å². The van der Waals surface area contributed by atoms with Gasteiger partial charge in [-0.15, -0.1) is 0 Å². The summed E-state index contributed by atoms with van der Waals surface area (Å²) in [7, 11) is -1.58. The van der Waals surface area contributed by atoms with Crippen molar-refractivity contribution in [3.05, 3.63) is 53.3 Å². The van der Waals surface area contributed by atoms with Gasteiger partial charge in [-0.2, -0.15) is 5.26 Å². The Morgan fingerprint density at radius 3 is 2.61 bits per heavy atom. The van der Waals surface area contributed by atoms with Crippen LogP contribution in [0.25, 0.3) is 10.9 Å². The molecule has 2 aromatic rings. The number of rotatable bonds is 2. The van der Waals surface area contributed by atoms with Crippen LogP contribution in [0.15, 0.2) is 58.3 Å². The molecule has 0 amide bonds. The molecule has 1 aromatic heterocycles. The van der Waals surface area contributed by atoms with Gasteiger partial charge in [0, 0.05) is 17.4 Å². The van der Waals surface area contributed by atoms with Gasteiger partial charge >= 0.3 is 0 Å². The third kappa shape index (κ3) is 1.43. The highest BCUT2D eigenvalue weighted by Gasteiger charge is 2.26. The van der Waals surface area contributed by atoms with E-state index in [0.717, 1.165) is 11.6 Å². The van der Waals surface area contributed by atoms with E-state index in [1.165, 1.54) is 10.9 Å². The van der Waals surface area contributed by atoms with Crippen molar-refractivity contribution in [2.75, 3.05) is 0 Å². The maximum Gasteiger partial charge on any atom is 0.127 e. The van der Waals surface area contributed by atoms with E-state index >= 15 is 0 Å². The number of nitrogens with zero attached hydrogens (tertiary/aromatic N) is 2. The van der Waals surface area contributed by atoms with E-state index in [2.05, 4.69) is 35.1 Å². The van der Waals surface area contributed by atoms with Crippen molar-refractivity contribution >= 4 is 20.9 Å². The maximum absolute atomic E-state index is 9.59. The zero-order valence-corrected chi connectivity index (χ0v) is 11.0. The molecule has 3 rings (SSSR count). The molecule has 0 fully saturated rings. The van der Waals surface area contributed by atoms with Crippen molar-refractivity contribution in [2.24, 2.45) is 0 Å². The molecule has 3 heteroatoms. The molecular formula is C15H14N2S. The highest BCUT2D eigenvalue weighted by molar-refractivity contribution is 8.42. The molecule has 0 atom stereocenters. The summed E-state index contributed by atoms with van der Waals surface area (Å²) in [6.45, 7) is 3.02. The smallest absolute Gasteiger partial charge is 0.127 e. The average molecular weight is 254 g/mol. The molecule has 1 aromatic carbocycles. The fourth-order valence-electron chi connectivity index (χ4n) is 2.42. The van der Waals surface area contributed by atoms with Gasteiger partial charge in [0.2, 0.25) is 0 Å². The SMILES string of the molecule is CCn1c(S2(C#N)C=CC=C2)cc2ccccc21. The van der Waals surface area contributed by atoms with Crippen molar-refractivity contribution in [3.8, 4) is 5.40 Å². The second-order valence-corrected chi connectivity index (χ2v) is 6.81. The molecule has 18 heavy (non-hydrogen) atoms. The fraction of sp³-hybridized carbons (Fsp3) is 0.133. The Morgan fingerprint density at radius 2 is 1.94 bits per heavy atom. The van der Waals surface area contributed by atoms with Crippen LogP contribution in [0, 0.1) is 10.7 Å². The minimum absolute atomic E-state index is 0.890. The zero-order chi connectivity index (χ0) is 12.6. The van der Waals surface area contributed by atoms with Crippen LogP contribution in [0.1, 0.15) is 6.92 Å². The second kappa shape index (κ2) is 4.08. The lowest BCUT2D eigenvalue weighted by molar-refractivity contribution is 0.728. The normalized spacial score (nSPS) is 18.0. The predicted octanol–water partition coefficient (Wildman–Crippen LogP) is 4.35. The summed E-state index contributed by atoms with van der Waals surface area (Å²) >= 11 is 0. The minimum Gasteiger partial charge on any atom is -0.336 e. The number of nitriles is 1. The van der Waals surface area contributed by atoms with Crippen LogP contribution in [-0.4, -0.2) is 4.57 Å². The largest absolute Gasteiger partial charge is 0.336 e. The molecule has 0 spiro atoms. The molecule has 0 aliphatic carbocycles. The highest BCUT2D eigenvalue weighted by Crippen LogP contribution is 2.60. The number of para-hydroxylation sites is 1. The molecule has 2 nitrogen and oxygen atoms in total. The van der Waals surface area contributed by atoms with Gasteiger partial charge in [-0.05, 0) is 29.9 Å². The van der Waals surface area contributed by atoms with Crippen LogP contribution in [0.3, 0.4) is 0 Å². The lowest BCUT2D eigenvalue weighted by atomic mass is 10.2. The van der Waals surface area contributed by atoms with Gasteiger partial charge in [0.05, 0.1) is 5.03 Å². The van der Waals surface area contributed by atoms with E-state index in [0.29, 0.717) is 0 Å². The maximum atomic E-state index is 9.59. The Hall–Kier alpha value is -1.92. The Balaban J connectivity index is 2.33. The minimum atomic E-state index is -1.58. The first-order valence-corrected chi connectivity index (χ1v) is 7.74. The first kappa shape index (κ1) is 11.2. The topological polar surface area (TPSA) is 28.7 Å². The monoisotopic (exact) mass is 254 g/mol. The third-order valence-corrected chi connectivity index (χ3v) is 5.79. The van der Waals surface area contributed by atoms with Gasteiger partial charge in [-0.25, -0.2) is 0 Å². The summed E-state index contributed by atoms with van der Waals surface area (Å²) < 4.78 is 2.26. The second-order valence-electron chi connectivity index (χ2n) is 4.24. The van der Waals surface area contributed by atoms with Crippen LogP contribution in [-0.2, 0) is 6.54 Å². The summed E-state index contributed by atoms with van der Waals surface area (Å²) in [6.07, 6.45) is 3.96. The Kier molecular flexibility index (Phi) is 2.53. The number of hydrogen-bond donors (Lipinski definition) is 0. The molecular weight excluding hydrogens is 240 g/mol. The number of aryl methyl sites for hydroxylation is 1. The Labute approximate surface area is 108 Å². The molecule has 0 saturated heterocycles. The molecule has 1 aliphatic rings. The molecule has 0 N–H and O–H groups in total. The van der Waals surface area contributed by atoms with Crippen molar-refractivity contribution < 1.29 is 0 Å². The summed E-state index contributed by atoms with van der Waals surface area (Å²) in [5, 5.41) is 18.6. The standard InChI is InChI=1S/C15H14N2S/c1-2-17-14-8-4-3-7-13(14)11-15(17)18(12-16)9-5-6-10-18/h3-11H,2H2,1H3. The van der Waals surface area contributed by atoms with Crippen molar-refractivity contribution in [1.82, 2.24) is 4.57 Å². The van der Waals surface area contributed by atoms with Gasteiger partial charge < -0.3 is 4.57 Å². The van der Waals surface area contributed by atoms with E-state index in [4.69, 9.17) is 0 Å². The molecule has 0 unspecified atom stereocenters. The summed E-state index contributed by atoms with van der Waals surface area (Å²) in [6, 6.07) is 10.5. The highest BCUT2D eigenvalue weighted by atomic mass is 32.3. The van der Waals surface area contributed by atoms with Crippen molar-refractivity contribution in [1.29, 1.82) is 5.26 Å². The van der Waals surface area contributed by atoms with Gasteiger partial charge in [0.15, 0.2) is 0 Å². The average Bonchev–Trinajstić information content (AvgIpc) is 3.03. The molecule has 2 heterocycles. The predicted molar refractivity (Wildman–Crippen MR) is 77.4 cm³/mol. The summed E-state index contributed by atoms with van der Waals surface area (Å²) in [5.41, 5.74) is 1.21. The number of hydrogen-bond acceptors (Lipinski definition) is 1.